The third-order valence-corrected chi connectivity index (χ3v) is 3.04. The van der Waals surface area contributed by atoms with E-state index < -0.39 is 0 Å². The molecule has 2 nitrogen and oxygen atoms in total. The monoisotopic (exact) mass is 254 g/mol. The number of hydrogen-bond acceptors (Lipinski definition) is 3. The SMILES string of the molecule is CC(C)(C)c1cc2cc(C(C)(C)C)c1-2.OSO. The summed E-state index contributed by atoms with van der Waals surface area (Å²) in [5, 5.41) is 0. The van der Waals surface area contributed by atoms with Crippen LogP contribution in [0.15, 0.2) is 12.1 Å². The van der Waals surface area contributed by atoms with Crippen molar-refractivity contribution in [2.45, 2.75) is 52.4 Å². The summed E-state index contributed by atoms with van der Waals surface area (Å²) in [7, 11) is 0. The van der Waals surface area contributed by atoms with Crippen molar-refractivity contribution in [3.05, 3.63) is 23.3 Å². The zero-order valence-electron chi connectivity index (χ0n) is 11.5. The predicted octanol–water partition coefficient (Wildman–Crippen LogP) is 4.93. The van der Waals surface area contributed by atoms with E-state index in [1.807, 2.05) is 0 Å². The van der Waals surface area contributed by atoms with Crippen molar-refractivity contribution in [2.24, 2.45) is 0 Å². The lowest BCUT2D eigenvalue weighted by Crippen LogP contribution is -2.25. The third-order valence-electron chi connectivity index (χ3n) is 3.04. The van der Waals surface area contributed by atoms with E-state index in [1.165, 1.54) is 5.56 Å². The second-order valence-electron chi connectivity index (χ2n) is 6.53. The van der Waals surface area contributed by atoms with Gasteiger partial charge in [0.2, 0.25) is 0 Å². The summed E-state index contributed by atoms with van der Waals surface area (Å²) in [6, 6.07) is 4.68. The zero-order valence-corrected chi connectivity index (χ0v) is 12.3. The van der Waals surface area contributed by atoms with E-state index in [2.05, 4.69) is 53.7 Å². The average Bonchev–Trinajstić information content (AvgIpc) is 2.06. The van der Waals surface area contributed by atoms with Gasteiger partial charge in [0.05, 0.1) is 0 Å². The van der Waals surface area contributed by atoms with Crippen LogP contribution in [0, 0.1) is 0 Å². The van der Waals surface area contributed by atoms with Crippen LogP contribution in [0.2, 0.25) is 0 Å². The topological polar surface area (TPSA) is 40.5 Å². The first-order chi connectivity index (χ1) is 7.62. The second kappa shape index (κ2) is 4.63. The van der Waals surface area contributed by atoms with Gasteiger partial charge in [-0.2, -0.15) is 0 Å². The van der Waals surface area contributed by atoms with E-state index >= 15 is 0 Å². The Morgan fingerprint density at radius 1 is 0.824 bits per heavy atom. The molecular weight excluding hydrogens is 232 g/mol. The van der Waals surface area contributed by atoms with Gasteiger partial charge >= 0.3 is 0 Å². The molecule has 3 heteroatoms. The van der Waals surface area contributed by atoms with Crippen LogP contribution in [0.4, 0.5) is 0 Å². The molecule has 0 aromatic heterocycles. The molecule has 0 heterocycles. The Kier molecular flexibility index (Phi) is 3.97. The van der Waals surface area contributed by atoms with Crippen molar-refractivity contribution in [3.8, 4) is 11.1 Å². The maximum absolute atomic E-state index is 7.04. The van der Waals surface area contributed by atoms with Crippen molar-refractivity contribution in [2.75, 3.05) is 0 Å². The molecule has 96 valence electrons. The van der Waals surface area contributed by atoms with E-state index in [-0.39, 0.29) is 12.3 Å². The number of hydrogen-bond donors (Lipinski definition) is 2. The lowest BCUT2D eigenvalue weighted by molar-refractivity contribution is 0.541. The Morgan fingerprint density at radius 3 is 1.29 bits per heavy atom. The van der Waals surface area contributed by atoms with Gasteiger partial charge in [0.1, 0.15) is 0 Å². The first-order valence-electron chi connectivity index (χ1n) is 5.77. The first kappa shape index (κ1) is 14.6. The molecule has 0 aromatic carbocycles. The highest BCUT2D eigenvalue weighted by atomic mass is 32.2. The van der Waals surface area contributed by atoms with Gasteiger partial charge in [-0.3, -0.25) is 0 Å². The van der Waals surface area contributed by atoms with Crippen LogP contribution in [0.25, 0.3) is 11.1 Å². The van der Waals surface area contributed by atoms with Gasteiger partial charge in [-0.1, -0.05) is 41.5 Å². The molecule has 17 heavy (non-hydrogen) atoms. The van der Waals surface area contributed by atoms with E-state index in [1.54, 1.807) is 16.7 Å². The Hall–Kier alpha value is -0.510. The molecule has 0 saturated carbocycles. The van der Waals surface area contributed by atoms with E-state index in [9.17, 15) is 0 Å². The minimum absolute atomic E-state index is 0.250. The van der Waals surface area contributed by atoms with Gasteiger partial charge in [-0.05, 0) is 45.2 Å². The van der Waals surface area contributed by atoms with Crippen LogP contribution in [0.5, 0.6) is 0 Å². The Labute approximate surface area is 108 Å². The lowest BCUT2D eigenvalue weighted by Gasteiger charge is -2.38. The van der Waals surface area contributed by atoms with E-state index in [0.29, 0.717) is 10.8 Å². The fraction of sp³-hybridized carbons (Fsp3) is 0.571. The molecule has 2 aliphatic carbocycles. The van der Waals surface area contributed by atoms with Crippen molar-refractivity contribution < 1.29 is 9.11 Å². The molecule has 2 rings (SSSR count). The van der Waals surface area contributed by atoms with Crippen molar-refractivity contribution in [1.29, 1.82) is 0 Å². The Bertz CT molecular complexity index is 376. The van der Waals surface area contributed by atoms with Gasteiger partial charge in [0, 0.05) is 0 Å². The molecule has 0 bridgehead atoms. The van der Waals surface area contributed by atoms with Gasteiger partial charge < -0.3 is 9.11 Å². The largest absolute Gasteiger partial charge is 0.307 e. The highest BCUT2D eigenvalue weighted by molar-refractivity contribution is 7.87. The second-order valence-corrected chi connectivity index (χ2v) is 6.69. The molecule has 0 atom stereocenters. The summed E-state index contributed by atoms with van der Waals surface area (Å²) in [5.41, 5.74) is 6.73. The minimum Gasteiger partial charge on any atom is -0.307 e. The van der Waals surface area contributed by atoms with Crippen LogP contribution in [0.1, 0.15) is 52.7 Å². The molecule has 0 fully saturated rings. The van der Waals surface area contributed by atoms with Crippen LogP contribution in [-0.4, -0.2) is 9.11 Å². The Morgan fingerprint density at radius 2 is 1.12 bits per heavy atom. The summed E-state index contributed by atoms with van der Waals surface area (Å²) < 4.78 is 14.1. The van der Waals surface area contributed by atoms with Gasteiger partial charge in [0.15, 0.2) is 12.3 Å². The maximum Gasteiger partial charge on any atom is 0.152 e. The predicted molar refractivity (Wildman–Crippen MR) is 75.7 cm³/mol. The number of rotatable bonds is 0. The fourth-order valence-corrected chi connectivity index (χ4v) is 2.12. The molecule has 0 aliphatic heterocycles. The summed E-state index contributed by atoms with van der Waals surface area (Å²) in [6.45, 7) is 13.8. The highest BCUT2D eigenvalue weighted by Gasteiger charge is 2.34. The Balaban J connectivity index is 0.000000437. The normalized spacial score (nSPS) is 12.9. The minimum atomic E-state index is -0.250. The number of benzene rings is 1. The van der Waals surface area contributed by atoms with Crippen LogP contribution >= 0.6 is 12.3 Å². The third kappa shape index (κ3) is 2.84. The van der Waals surface area contributed by atoms with Gasteiger partial charge in [-0.15, -0.1) is 0 Å². The van der Waals surface area contributed by atoms with Crippen LogP contribution in [-0.2, 0) is 10.8 Å². The molecule has 0 radical (unpaired) electrons. The molecule has 0 aromatic rings. The quantitative estimate of drug-likeness (QED) is 0.655. The molecule has 0 spiro atoms. The number of fused-ring (bicyclic) bond motifs is 1. The molecule has 0 unspecified atom stereocenters. The van der Waals surface area contributed by atoms with Crippen molar-refractivity contribution in [1.82, 2.24) is 0 Å². The summed E-state index contributed by atoms with van der Waals surface area (Å²) in [4.78, 5) is 0. The van der Waals surface area contributed by atoms with Crippen LogP contribution < -0.4 is 0 Å². The standard InChI is InChI=1S/C14H20.H2O2S/c1-13(2,3)10-7-9-8-11(12(9)10)14(4,5)6;1-3-2/h7-8H,1-6H3;1-2H. The van der Waals surface area contributed by atoms with Crippen LogP contribution in [0.3, 0.4) is 0 Å². The van der Waals surface area contributed by atoms with Crippen molar-refractivity contribution >= 4 is 12.3 Å². The van der Waals surface area contributed by atoms with E-state index in [4.69, 9.17) is 9.11 Å². The van der Waals surface area contributed by atoms with Crippen molar-refractivity contribution in [3.63, 3.8) is 0 Å². The summed E-state index contributed by atoms with van der Waals surface area (Å²) in [6.07, 6.45) is 0. The summed E-state index contributed by atoms with van der Waals surface area (Å²) in [5.74, 6) is 0. The average molecular weight is 254 g/mol. The highest BCUT2D eigenvalue weighted by Crippen LogP contribution is 2.50. The lowest BCUT2D eigenvalue weighted by atomic mass is 9.66. The molecule has 2 aliphatic rings. The molecule has 2 N–H and O–H groups in total. The summed E-state index contributed by atoms with van der Waals surface area (Å²) >= 11 is -0.250. The smallest absolute Gasteiger partial charge is 0.152 e. The maximum atomic E-state index is 7.04. The fourth-order valence-electron chi connectivity index (χ4n) is 2.12. The first-order valence-corrected chi connectivity index (χ1v) is 6.50. The zero-order chi connectivity index (χ0) is 13.4. The van der Waals surface area contributed by atoms with Gasteiger partial charge in [-0.25, -0.2) is 0 Å². The molecule has 0 saturated heterocycles. The molecule has 0 amide bonds. The van der Waals surface area contributed by atoms with E-state index in [0.717, 1.165) is 0 Å². The van der Waals surface area contributed by atoms with Gasteiger partial charge in [0.25, 0.3) is 0 Å². The molecular formula is C14H22O2S.